The van der Waals surface area contributed by atoms with Crippen LogP contribution in [0.1, 0.15) is 31.2 Å². The molecule has 1 rings (SSSR count). The second-order valence-electron chi connectivity index (χ2n) is 3.73. The molecule has 3 nitrogen and oxygen atoms in total. The first-order valence-electron chi connectivity index (χ1n) is 5.31. The molecule has 2 unspecified atom stereocenters. The Balaban J connectivity index is 2.75. The summed E-state index contributed by atoms with van der Waals surface area (Å²) in [4.78, 5) is 14.7. The molecule has 0 aliphatic carbocycles. The van der Waals surface area contributed by atoms with Crippen molar-refractivity contribution in [1.29, 1.82) is 5.26 Å². The summed E-state index contributed by atoms with van der Waals surface area (Å²) in [6.07, 6.45) is 0.566. The Hall–Kier alpha value is -1.34. The average Bonchev–Trinajstić information content (AvgIpc) is 2.82. The zero-order valence-corrected chi connectivity index (χ0v) is 10.6. The van der Waals surface area contributed by atoms with E-state index < -0.39 is 5.92 Å². The van der Waals surface area contributed by atoms with Crippen molar-refractivity contribution in [2.75, 3.05) is 7.05 Å². The molecule has 0 fully saturated rings. The summed E-state index contributed by atoms with van der Waals surface area (Å²) >= 11 is 1.63. The number of carbonyl (C=O) groups excluding carboxylic acids is 1. The van der Waals surface area contributed by atoms with Gasteiger partial charge in [0.25, 0.3) is 0 Å². The summed E-state index contributed by atoms with van der Waals surface area (Å²) in [6, 6.07) is 6.06. The highest BCUT2D eigenvalue weighted by Gasteiger charge is 2.24. The molecule has 1 aromatic rings. The van der Waals surface area contributed by atoms with Crippen LogP contribution in [0.25, 0.3) is 0 Å². The number of nitrogens with zero attached hydrogens (tertiary/aromatic N) is 2. The maximum absolute atomic E-state index is 12.0. The summed E-state index contributed by atoms with van der Waals surface area (Å²) in [7, 11) is 1.76. The van der Waals surface area contributed by atoms with E-state index >= 15 is 0 Å². The fourth-order valence-corrected chi connectivity index (χ4v) is 2.30. The third-order valence-electron chi connectivity index (χ3n) is 2.75. The maximum atomic E-state index is 12.0. The van der Waals surface area contributed by atoms with Gasteiger partial charge in [0, 0.05) is 11.9 Å². The van der Waals surface area contributed by atoms with Crippen LogP contribution in [0, 0.1) is 17.2 Å². The Bertz CT molecular complexity index is 380. The van der Waals surface area contributed by atoms with E-state index in [4.69, 9.17) is 5.26 Å². The third-order valence-corrected chi connectivity index (χ3v) is 3.79. The van der Waals surface area contributed by atoms with E-state index in [2.05, 4.69) is 0 Å². The van der Waals surface area contributed by atoms with Crippen molar-refractivity contribution in [2.45, 2.75) is 26.3 Å². The van der Waals surface area contributed by atoms with E-state index in [1.807, 2.05) is 37.4 Å². The summed E-state index contributed by atoms with van der Waals surface area (Å²) in [5, 5.41) is 10.9. The molecule has 0 spiro atoms. The number of carbonyl (C=O) groups is 1. The molecule has 0 radical (unpaired) electrons. The van der Waals surface area contributed by atoms with Gasteiger partial charge < -0.3 is 4.90 Å². The molecule has 0 saturated carbocycles. The minimum Gasteiger partial charge on any atom is -0.337 e. The van der Waals surface area contributed by atoms with Crippen LogP contribution >= 0.6 is 11.3 Å². The van der Waals surface area contributed by atoms with E-state index in [0.717, 1.165) is 4.88 Å². The number of thiophene rings is 1. The standard InChI is InChI=1S/C12H16N2OS/c1-4-10(8-13)12(15)14(3)9(2)11-6-5-7-16-11/h5-7,9-10H,4H2,1-3H3. The van der Waals surface area contributed by atoms with Gasteiger partial charge in [0.05, 0.1) is 12.1 Å². The van der Waals surface area contributed by atoms with Crippen LogP contribution in [0.15, 0.2) is 17.5 Å². The van der Waals surface area contributed by atoms with Crippen molar-refractivity contribution in [3.63, 3.8) is 0 Å². The second-order valence-corrected chi connectivity index (χ2v) is 4.71. The summed E-state index contributed by atoms with van der Waals surface area (Å²) in [6.45, 7) is 3.84. The highest BCUT2D eigenvalue weighted by atomic mass is 32.1. The molecular weight excluding hydrogens is 220 g/mol. The quantitative estimate of drug-likeness (QED) is 0.806. The second kappa shape index (κ2) is 5.66. The molecule has 1 aromatic heterocycles. The average molecular weight is 236 g/mol. The van der Waals surface area contributed by atoms with Gasteiger partial charge in [-0.25, -0.2) is 0 Å². The van der Waals surface area contributed by atoms with Gasteiger partial charge in [0.1, 0.15) is 5.92 Å². The Labute approximate surface area is 100 Å². The van der Waals surface area contributed by atoms with Gasteiger partial charge in [-0.15, -0.1) is 11.3 Å². The van der Waals surface area contributed by atoms with Gasteiger partial charge in [-0.1, -0.05) is 13.0 Å². The SMILES string of the molecule is CCC(C#N)C(=O)N(C)C(C)c1cccs1. The molecule has 0 saturated heterocycles. The topological polar surface area (TPSA) is 44.1 Å². The molecule has 1 amide bonds. The van der Waals surface area contributed by atoms with Crippen LogP contribution in [0.5, 0.6) is 0 Å². The molecule has 0 aliphatic rings. The Morgan fingerprint density at radius 2 is 2.38 bits per heavy atom. The van der Waals surface area contributed by atoms with Crippen LogP contribution in [-0.2, 0) is 4.79 Å². The molecule has 0 N–H and O–H groups in total. The Morgan fingerprint density at radius 3 is 2.81 bits per heavy atom. The van der Waals surface area contributed by atoms with Crippen LogP contribution < -0.4 is 0 Å². The largest absolute Gasteiger partial charge is 0.337 e. The van der Waals surface area contributed by atoms with Gasteiger partial charge in [-0.2, -0.15) is 5.26 Å². The van der Waals surface area contributed by atoms with Gasteiger partial charge in [-0.3, -0.25) is 4.79 Å². The lowest BCUT2D eigenvalue weighted by Gasteiger charge is -2.25. The van der Waals surface area contributed by atoms with Crippen molar-refractivity contribution in [1.82, 2.24) is 4.90 Å². The highest BCUT2D eigenvalue weighted by Crippen LogP contribution is 2.24. The predicted octanol–water partition coefficient (Wildman–Crippen LogP) is 2.82. The van der Waals surface area contributed by atoms with E-state index in [9.17, 15) is 4.79 Å². The summed E-state index contributed by atoms with van der Waals surface area (Å²) in [5.41, 5.74) is 0. The molecule has 16 heavy (non-hydrogen) atoms. The Morgan fingerprint density at radius 1 is 1.69 bits per heavy atom. The zero-order chi connectivity index (χ0) is 12.1. The first-order valence-corrected chi connectivity index (χ1v) is 6.19. The first kappa shape index (κ1) is 12.7. The van der Waals surface area contributed by atoms with E-state index in [0.29, 0.717) is 6.42 Å². The van der Waals surface area contributed by atoms with Gasteiger partial charge >= 0.3 is 0 Å². The van der Waals surface area contributed by atoms with Gasteiger partial charge in [0.15, 0.2) is 0 Å². The normalized spacial score (nSPS) is 13.9. The molecule has 0 bridgehead atoms. The zero-order valence-electron chi connectivity index (χ0n) is 9.80. The van der Waals surface area contributed by atoms with Crippen LogP contribution in [0.4, 0.5) is 0 Å². The van der Waals surface area contributed by atoms with Crippen LogP contribution in [0.2, 0.25) is 0 Å². The molecule has 4 heteroatoms. The molecule has 86 valence electrons. The number of hydrogen-bond acceptors (Lipinski definition) is 3. The van der Waals surface area contributed by atoms with E-state index in [1.54, 1.807) is 23.3 Å². The minimum absolute atomic E-state index is 0.0369. The van der Waals surface area contributed by atoms with Crippen molar-refractivity contribution < 1.29 is 4.79 Å². The number of nitriles is 1. The monoisotopic (exact) mass is 236 g/mol. The fraction of sp³-hybridized carbons (Fsp3) is 0.500. The fourth-order valence-electron chi connectivity index (χ4n) is 1.48. The van der Waals surface area contributed by atoms with Crippen molar-refractivity contribution in [3.05, 3.63) is 22.4 Å². The molecule has 0 aliphatic heterocycles. The van der Waals surface area contributed by atoms with Crippen molar-refractivity contribution in [3.8, 4) is 6.07 Å². The van der Waals surface area contributed by atoms with Crippen molar-refractivity contribution >= 4 is 17.2 Å². The molecule has 2 atom stereocenters. The molecule has 0 aromatic carbocycles. The van der Waals surface area contributed by atoms with Crippen LogP contribution in [0.3, 0.4) is 0 Å². The molecule has 1 heterocycles. The first-order chi connectivity index (χ1) is 7.61. The van der Waals surface area contributed by atoms with Crippen LogP contribution in [-0.4, -0.2) is 17.9 Å². The number of hydrogen-bond donors (Lipinski definition) is 0. The van der Waals surface area contributed by atoms with Gasteiger partial charge in [-0.05, 0) is 24.8 Å². The van der Waals surface area contributed by atoms with E-state index in [1.165, 1.54) is 0 Å². The smallest absolute Gasteiger partial charge is 0.240 e. The lowest BCUT2D eigenvalue weighted by atomic mass is 10.1. The lowest BCUT2D eigenvalue weighted by Crippen LogP contribution is -2.33. The predicted molar refractivity (Wildman–Crippen MR) is 64.9 cm³/mol. The Kier molecular flexibility index (Phi) is 4.51. The highest BCUT2D eigenvalue weighted by molar-refractivity contribution is 7.10. The number of rotatable bonds is 4. The summed E-state index contributed by atoms with van der Waals surface area (Å²) < 4.78 is 0. The number of amides is 1. The lowest BCUT2D eigenvalue weighted by molar-refractivity contribution is -0.134. The third kappa shape index (κ3) is 2.61. The maximum Gasteiger partial charge on any atom is 0.240 e. The van der Waals surface area contributed by atoms with Crippen molar-refractivity contribution in [2.24, 2.45) is 5.92 Å². The molecular formula is C12H16N2OS. The van der Waals surface area contributed by atoms with E-state index in [-0.39, 0.29) is 11.9 Å². The summed E-state index contributed by atoms with van der Waals surface area (Å²) in [5.74, 6) is -0.613. The minimum atomic E-state index is -0.521. The van der Waals surface area contributed by atoms with Gasteiger partial charge in [0.2, 0.25) is 5.91 Å².